The largest absolute Gasteiger partial charge is 0.481 e. The van der Waals surface area contributed by atoms with Crippen molar-refractivity contribution in [3.63, 3.8) is 0 Å². The Balaban J connectivity index is 2.54. The molecule has 59 heavy (non-hydrogen) atoms. The third-order valence-corrected chi connectivity index (χ3v) is 8.62. The van der Waals surface area contributed by atoms with E-state index in [0.29, 0.717) is 57.9 Å². The first-order valence-corrected chi connectivity index (χ1v) is 20.6. The molecular weight excluding hydrogens is 759 g/mol. The Morgan fingerprint density at radius 1 is 0.627 bits per heavy atom. The first kappa shape index (κ1) is 51.1. The van der Waals surface area contributed by atoms with Crippen LogP contribution in [0.4, 0.5) is 5.69 Å². The summed E-state index contributed by atoms with van der Waals surface area (Å²) < 4.78 is 22.8. The summed E-state index contributed by atoms with van der Waals surface area (Å²) in [5.74, 6) is -2.56. The van der Waals surface area contributed by atoms with Gasteiger partial charge in [0.2, 0.25) is 0 Å². The van der Waals surface area contributed by atoms with Gasteiger partial charge in [-0.05, 0) is 114 Å². The molecule has 1 aromatic rings. The highest BCUT2D eigenvalue weighted by Crippen LogP contribution is 2.20. The van der Waals surface area contributed by atoms with Crippen LogP contribution in [0.25, 0.3) is 0 Å². The number of esters is 4. The fourth-order valence-electron chi connectivity index (χ4n) is 6.32. The fourth-order valence-corrected chi connectivity index (χ4v) is 6.32. The van der Waals surface area contributed by atoms with Gasteiger partial charge in [-0.25, -0.2) is 0 Å². The normalized spacial score (nSPS) is 15.9. The lowest BCUT2D eigenvalue weighted by atomic mass is 10.0. The van der Waals surface area contributed by atoms with Crippen molar-refractivity contribution in [2.24, 2.45) is 0 Å². The summed E-state index contributed by atoms with van der Waals surface area (Å²) in [6, 6.07) is 7.26. The third kappa shape index (κ3) is 24.0. The molecule has 2 rings (SSSR count). The van der Waals surface area contributed by atoms with E-state index in [9.17, 15) is 24.0 Å². The number of benzene rings is 1. The smallest absolute Gasteiger partial charge is 0.320 e. The Morgan fingerprint density at radius 2 is 1.00 bits per heavy atom. The van der Waals surface area contributed by atoms with E-state index < -0.39 is 46.4 Å². The van der Waals surface area contributed by atoms with E-state index in [1.165, 1.54) is 0 Å². The van der Waals surface area contributed by atoms with E-state index in [1.807, 2.05) is 80.5 Å². The van der Waals surface area contributed by atoms with Crippen LogP contribution in [0.2, 0.25) is 0 Å². The molecule has 1 fully saturated rings. The van der Waals surface area contributed by atoms with Gasteiger partial charge in [-0.15, -0.1) is 0 Å². The number of nitrogens with one attached hydrogen (secondary N) is 1. The molecule has 0 bridgehead atoms. The topological polar surface area (TPSA) is 167 Å². The summed E-state index contributed by atoms with van der Waals surface area (Å²) in [7, 11) is 0. The number of nitrogens with zero attached hydrogens (tertiary/aromatic N) is 4. The zero-order valence-corrected chi connectivity index (χ0v) is 37.9. The number of hydrogen-bond acceptors (Lipinski definition) is 14. The summed E-state index contributed by atoms with van der Waals surface area (Å²) in [5, 5.41) is 12.2. The number of ether oxygens (including phenoxy) is 4. The molecule has 15 nitrogen and oxygen atoms in total. The van der Waals surface area contributed by atoms with E-state index in [4.69, 9.17) is 24.1 Å². The average molecular weight is 832 g/mol. The van der Waals surface area contributed by atoms with Gasteiger partial charge < -0.3 is 29.4 Å². The highest BCUT2D eigenvalue weighted by atomic mass is 16.6. The highest BCUT2D eigenvalue weighted by molar-refractivity contribution is 5.76. The van der Waals surface area contributed by atoms with Gasteiger partial charge in [-0.2, -0.15) is 0 Å². The van der Waals surface area contributed by atoms with Crippen LogP contribution in [0.3, 0.4) is 0 Å². The summed E-state index contributed by atoms with van der Waals surface area (Å²) in [6.07, 6.45) is 0.681. The minimum Gasteiger partial charge on any atom is -0.481 e. The van der Waals surface area contributed by atoms with Gasteiger partial charge in [0.1, 0.15) is 22.4 Å². The Bertz CT molecular complexity index is 1480. The molecule has 1 heterocycles. The zero-order valence-electron chi connectivity index (χ0n) is 37.9. The molecule has 1 aromatic carbocycles. The molecule has 1 aliphatic heterocycles. The second kappa shape index (κ2) is 22.5. The van der Waals surface area contributed by atoms with Crippen LogP contribution >= 0.6 is 0 Å². The quantitative estimate of drug-likeness (QED) is 0.150. The van der Waals surface area contributed by atoms with Crippen molar-refractivity contribution in [2.45, 2.75) is 131 Å². The zero-order chi connectivity index (χ0) is 44.8. The van der Waals surface area contributed by atoms with Gasteiger partial charge in [0, 0.05) is 63.2 Å². The molecule has 1 atom stereocenters. The van der Waals surface area contributed by atoms with Crippen LogP contribution in [0, 0.1) is 0 Å². The van der Waals surface area contributed by atoms with Crippen LogP contribution in [-0.2, 0) is 49.3 Å². The highest BCUT2D eigenvalue weighted by Gasteiger charge is 2.31. The van der Waals surface area contributed by atoms with Crippen LogP contribution in [-0.4, -0.2) is 155 Å². The molecule has 0 aromatic heterocycles. The predicted molar refractivity (Wildman–Crippen MR) is 228 cm³/mol. The van der Waals surface area contributed by atoms with Gasteiger partial charge in [0.25, 0.3) is 0 Å². The van der Waals surface area contributed by atoms with Crippen molar-refractivity contribution in [3.05, 3.63) is 42.1 Å². The molecule has 1 unspecified atom stereocenters. The van der Waals surface area contributed by atoms with Gasteiger partial charge in [0.15, 0.2) is 0 Å². The van der Waals surface area contributed by atoms with E-state index >= 15 is 0 Å². The lowest BCUT2D eigenvalue weighted by Crippen LogP contribution is -2.52. The van der Waals surface area contributed by atoms with Crippen molar-refractivity contribution in [1.82, 2.24) is 19.6 Å². The minimum absolute atomic E-state index is 0.0369. The molecular formula is C44H73N5O10. The molecule has 334 valence electrons. The summed E-state index contributed by atoms with van der Waals surface area (Å²) in [5.41, 5.74) is -0.545. The summed E-state index contributed by atoms with van der Waals surface area (Å²) >= 11 is 0. The molecule has 1 aliphatic rings. The Morgan fingerprint density at radius 3 is 1.37 bits per heavy atom. The average Bonchev–Trinajstić information content (AvgIpc) is 3.11. The molecule has 0 saturated carbocycles. The molecule has 15 heteroatoms. The van der Waals surface area contributed by atoms with Crippen molar-refractivity contribution < 1.29 is 48.0 Å². The molecule has 0 radical (unpaired) electrons. The lowest BCUT2D eigenvalue weighted by molar-refractivity contribution is -0.161. The number of carbonyl (C=O) groups excluding carboxylic acids is 4. The Labute approximate surface area is 352 Å². The van der Waals surface area contributed by atoms with Gasteiger partial charge >= 0.3 is 29.8 Å². The SMILES string of the molecule is C=C(CCC(=O)O)Nc1ccc(CC(CN2CCN(CC(=O)OC(C)(C)C)CCN(CC(=O)OC(C)(C)C)CC2)N(CC(=O)OC(C)(C)C)CC(=O)OC(C)(C)C)cc1. The Hall–Kier alpha value is -4.05. The van der Waals surface area contributed by atoms with Crippen molar-refractivity contribution in [2.75, 3.05) is 77.3 Å². The minimum atomic E-state index is -0.904. The van der Waals surface area contributed by atoms with E-state index in [2.05, 4.69) is 16.8 Å². The summed E-state index contributed by atoms with van der Waals surface area (Å²) in [6.45, 7) is 29.1. The van der Waals surface area contributed by atoms with Crippen LogP contribution in [0.1, 0.15) is 101 Å². The van der Waals surface area contributed by atoms with Crippen molar-refractivity contribution >= 4 is 35.5 Å². The number of allylic oxidation sites excluding steroid dienone is 1. The number of carbonyl (C=O) groups is 5. The fraction of sp³-hybridized carbons (Fsp3) is 0.705. The molecule has 1 saturated heterocycles. The van der Waals surface area contributed by atoms with Gasteiger partial charge in [-0.1, -0.05) is 18.7 Å². The number of carboxylic acids is 1. The van der Waals surface area contributed by atoms with Gasteiger partial charge in [0.05, 0.1) is 32.6 Å². The Kier molecular flexibility index (Phi) is 19.5. The lowest BCUT2D eigenvalue weighted by Gasteiger charge is -2.36. The predicted octanol–water partition coefficient (Wildman–Crippen LogP) is 4.98. The van der Waals surface area contributed by atoms with E-state index in [0.717, 1.165) is 11.3 Å². The molecule has 0 aliphatic carbocycles. The summed E-state index contributed by atoms with van der Waals surface area (Å²) in [4.78, 5) is 72.2. The van der Waals surface area contributed by atoms with Crippen molar-refractivity contribution in [3.8, 4) is 0 Å². The van der Waals surface area contributed by atoms with E-state index in [1.54, 1.807) is 41.5 Å². The maximum atomic E-state index is 13.5. The third-order valence-electron chi connectivity index (χ3n) is 8.62. The maximum Gasteiger partial charge on any atom is 0.320 e. The first-order valence-electron chi connectivity index (χ1n) is 20.6. The number of hydrogen-bond donors (Lipinski definition) is 2. The first-order chi connectivity index (χ1) is 27.0. The number of rotatable bonds is 18. The second-order valence-corrected chi connectivity index (χ2v) is 19.3. The van der Waals surface area contributed by atoms with E-state index in [-0.39, 0.29) is 51.0 Å². The maximum absolute atomic E-state index is 13.5. The van der Waals surface area contributed by atoms with Crippen LogP contribution in [0.5, 0.6) is 0 Å². The van der Waals surface area contributed by atoms with Crippen LogP contribution < -0.4 is 5.32 Å². The second-order valence-electron chi connectivity index (χ2n) is 19.3. The number of carboxylic acid groups (broad SMARTS) is 1. The van der Waals surface area contributed by atoms with Crippen molar-refractivity contribution in [1.29, 1.82) is 0 Å². The molecule has 2 N–H and O–H groups in total. The van der Waals surface area contributed by atoms with Gasteiger partial charge in [-0.3, -0.25) is 43.6 Å². The molecule has 0 amide bonds. The molecule has 0 spiro atoms. The number of anilines is 1. The number of aliphatic carboxylic acids is 1. The standard InChI is InChI=1S/C44H73N5O10/c1-32(14-19-36(50)51)45-34-17-15-33(16-18-34)26-35(49(30-39(54)58-43(8,9)10)31-40(55)59-44(11,12)13)27-46-20-22-47(28-37(52)56-41(2,3)4)24-25-48(23-21-46)29-38(53)57-42(5,6)7/h15-18,35,45H,1,14,19-31H2,2-13H3,(H,50,51). The monoisotopic (exact) mass is 832 g/mol. The van der Waals surface area contributed by atoms with Crippen LogP contribution in [0.15, 0.2) is 36.5 Å².